The van der Waals surface area contributed by atoms with Gasteiger partial charge in [-0.25, -0.2) is 4.98 Å². The second-order valence-corrected chi connectivity index (χ2v) is 5.68. The molecule has 4 heteroatoms. The van der Waals surface area contributed by atoms with Gasteiger partial charge in [0.25, 0.3) is 5.91 Å². The van der Waals surface area contributed by atoms with Gasteiger partial charge in [-0.3, -0.25) is 4.79 Å². The summed E-state index contributed by atoms with van der Waals surface area (Å²) in [6.45, 7) is 7.04. The van der Waals surface area contributed by atoms with Gasteiger partial charge in [0.05, 0.1) is 0 Å². The smallest absolute Gasteiger partial charge is 0.254 e. The third-order valence-electron chi connectivity index (χ3n) is 3.57. The third kappa shape index (κ3) is 2.83. The summed E-state index contributed by atoms with van der Waals surface area (Å²) in [6, 6.07) is 3.76. The summed E-state index contributed by atoms with van der Waals surface area (Å²) in [5.74, 6) is 0.772. The van der Waals surface area contributed by atoms with Crippen LogP contribution in [0.1, 0.15) is 42.7 Å². The Labute approximate surface area is 113 Å². The molecule has 1 aromatic heterocycles. The highest BCUT2D eigenvalue weighted by atomic mass is 35.5. The maximum absolute atomic E-state index is 12.5. The van der Waals surface area contributed by atoms with Crippen molar-refractivity contribution in [1.29, 1.82) is 0 Å². The van der Waals surface area contributed by atoms with Gasteiger partial charge in [-0.15, -0.1) is 0 Å². The number of pyridine rings is 1. The van der Waals surface area contributed by atoms with Crippen LogP contribution in [0.4, 0.5) is 0 Å². The SMILES string of the molecule is Cc1cc(C(=O)N2CCC(C)CC2C)cc(Cl)n1. The molecule has 2 heterocycles. The normalized spacial score (nSPS) is 24.1. The molecular formula is C14H19ClN2O. The average Bonchev–Trinajstić information content (AvgIpc) is 2.26. The Kier molecular flexibility index (Phi) is 3.91. The number of hydrogen-bond donors (Lipinski definition) is 0. The summed E-state index contributed by atoms with van der Waals surface area (Å²) in [5, 5.41) is 0.386. The number of carbonyl (C=O) groups is 1. The number of carbonyl (C=O) groups excluding carboxylic acids is 1. The van der Waals surface area contributed by atoms with Crippen LogP contribution in [0.5, 0.6) is 0 Å². The molecule has 0 radical (unpaired) electrons. The summed E-state index contributed by atoms with van der Waals surface area (Å²) < 4.78 is 0. The van der Waals surface area contributed by atoms with Crippen molar-refractivity contribution in [3.63, 3.8) is 0 Å². The van der Waals surface area contributed by atoms with Crippen LogP contribution >= 0.6 is 11.6 Å². The summed E-state index contributed by atoms with van der Waals surface area (Å²) >= 11 is 5.91. The van der Waals surface area contributed by atoms with E-state index in [0.29, 0.717) is 22.7 Å². The predicted molar refractivity (Wildman–Crippen MR) is 72.9 cm³/mol. The maximum atomic E-state index is 12.5. The van der Waals surface area contributed by atoms with Gasteiger partial charge in [0.1, 0.15) is 5.15 Å². The van der Waals surface area contributed by atoms with E-state index in [0.717, 1.165) is 25.1 Å². The molecule has 3 nitrogen and oxygen atoms in total. The van der Waals surface area contributed by atoms with E-state index in [-0.39, 0.29) is 5.91 Å². The number of rotatable bonds is 1. The van der Waals surface area contributed by atoms with Gasteiger partial charge in [0, 0.05) is 23.8 Å². The van der Waals surface area contributed by atoms with Crippen molar-refractivity contribution in [3.05, 3.63) is 28.5 Å². The molecule has 18 heavy (non-hydrogen) atoms. The highest BCUT2D eigenvalue weighted by Gasteiger charge is 2.27. The number of likely N-dealkylation sites (tertiary alicyclic amines) is 1. The fourth-order valence-corrected chi connectivity index (χ4v) is 2.88. The monoisotopic (exact) mass is 266 g/mol. The van der Waals surface area contributed by atoms with Gasteiger partial charge in [0.15, 0.2) is 0 Å². The number of aryl methyl sites for hydroxylation is 1. The van der Waals surface area contributed by atoms with Crippen LogP contribution in [0.3, 0.4) is 0 Å². The molecule has 1 aliphatic rings. The Balaban J connectivity index is 2.20. The van der Waals surface area contributed by atoms with Crippen LogP contribution in [0, 0.1) is 12.8 Å². The number of amides is 1. The van der Waals surface area contributed by atoms with Crippen molar-refractivity contribution < 1.29 is 4.79 Å². The summed E-state index contributed by atoms with van der Waals surface area (Å²) in [7, 11) is 0. The van der Waals surface area contributed by atoms with Crippen molar-refractivity contribution in [2.24, 2.45) is 5.92 Å². The number of piperidine rings is 1. The maximum Gasteiger partial charge on any atom is 0.254 e. The van der Waals surface area contributed by atoms with Crippen molar-refractivity contribution in [3.8, 4) is 0 Å². The standard InChI is InChI=1S/C14H19ClN2O/c1-9-4-5-17(11(3)6-9)14(18)12-7-10(2)16-13(15)8-12/h7-9,11H,4-6H2,1-3H3. The first-order valence-electron chi connectivity index (χ1n) is 6.42. The molecule has 1 aromatic rings. The van der Waals surface area contributed by atoms with E-state index in [1.807, 2.05) is 11.8 Å². The number of hydrogen-bond acceptors (Lipinski definition) is 2. The molecule has 0 bridgehead atoms. The Morgan fingerprint density at radius 2 is 2.17 bits per heavy atom. The second kappa shape index (κ2) is 5.27. The zero-order valence-electron chi connectivity index (χ0n) is 11.1. The predicted octanol–water partition coefficient (Wildman–Crippen LogP) is 3.30. The topological polar surface area (TPSA) is 33.2 Å². The molecule has 1 fully saturated rings. The zero-order valence-corrected chi connectivity index (χ0v) is 11.9. The lowest BCUT2D eigenvalue weighted by atomic mass is 9.93. The number of halogens is 1. The first-order valence-corrected chi connectivity index (χ1v) is 6.80. The first kappa shape index (κ1) is 13.3. The van der Waals surface area contributed by atoms with Gasteiger partial charge in [0.2, 0.25) is 0 Å². The molecule has 0 saturated carbocycles. The lowest BCUT2D eigenvalue weighted by molar-refractivity contribution is 0.0588. The molecule has 98 valence electrons. The molecule has 0 N–H and O–H groups in total. The van der Waals surface area contributed by atoms with Crippen molar-refractivity contribution in [2.45, 2.75) is 39.7 Å². The van der Waals surface area contributed by atoms with Crippen LogP contribution < -0.4 is 0 Å². The van der Waals surface area contributed by atoms with Crippen LogP contribution in [0.25, 0.3) is 0 Å². The zero-order chi connectivity index (χ0) is 13.3. The lowest BCUT2D eigenvalue weighted by Crippen LogP contribution is -2.44. The van der Waals surface area contributed by atoms with Gasteiger partial charge >= 0.3 is 0 Å². The summed E-state index contributed by atoms with van der Waals surface area (Å²) in [4.78, 5) is 18.5. The summed E-state index contributed by atoms with van der Waals surface area (Å²) in [5.41, 5.74) is 1.43. The van der Waals surface area contributed by atoms with Crippen molar-refractivity contribution in [1.82, 2.24) is 9.88 Å². The van der Waals surface area contributed by atoms with Crippen LogP contribution in [0.15, 0.2) is 12.1 Å². The van der Waals surface area contributed by atoms with E-state index in [4.69, 9.17) is 11.6 Å². The van der Waals surface area contributed by atoms with E-state index in [1.165, 1.54) is 0 Å². The number of aromatic nitrogens is 1. The highest BCUT2D eigenvalue weighted by Crippen LogP contribution is 2.24. The van der Waals surface area contributed by atoms with Gasteiger partial charge < -0.3 is 4.90 Å². The molecule has 1 saturated heterocycles. The van der Waals surface area contributed by atoms with E-state index in [1.54, 1.807) is 12.1 Å². The minimum Gasteiger partial charge on any atom is -0.336 e. The van der Waals surface area contributed by atoms with Crippen LogP contribution in [-0.2, 0) is 0 Å². The van der Waals surface area contributed by atoms with E-state index in [9.17, 15) is 4.79 Å². The minimum absolute atomic E-state index is 0.0711. The summed E-state index contributed by atoms with van der Waals surface area (Å²) in [6.07, 6.45) is 2.15. The molecule has 2 atom stereocenters. The molecule has 0 spiro atoms. The van der Waals surface area contributed by atoms with Gasteiger partial charge in [-0.2, -0.15) is 0 Å². The Morgan fingerprint density at radius 1 is 1.44 bits per heavy atom. The molecular weight excluding hydrogens is 248 g/mol. The first-order chi connectivity index (χ1) is 8.47. The second-order valence-electron chi connectivity index (χ2n) is 5.30. The van der Waals surface area contributed by atoms with Crippen molar-refractivity contribution in [2.75, 3.05) is 6.54 Å². The Hall–Kier alpha value is -1.09. The molecule has 1 amide bonds. The van der Waals surface area contributed by atoms with Crippen molar-refractivity contribution >= 4 is 17.5 Å². The number of nitrogens with zero attached hydrogens (tertiary/aromatic N) is 2. The lowest BCUT2D eigenvalue weighted by Gasteiger charge is -2.36. The largest absolute Gasteiger partial charge is 0.336 e. The Bertz CT molecular complexity index is 441. The highest BCUT2D eigenvalue weighted by molar-refractivity contribution is 6.29. The molecule has 2 rings (SSSR count). The fraction of sp³-hybridized carbons (Fsp3) is 0.571. The van der Waals surface area contributed by atoms with Crippen LogP contribution in [0.2, 0.25) is 5.15 Å². The molecule has 0 aliphatic carbocycles. The molecule has 1 aliphatic heterocycles. The Morgan fingerprint density at radius 3 is 2.78 bits per heavy atom. The van der Waals surface area contributed by atoms with E-state index < -0.39 is 0 Å². The van der Waals surface area contributed by atoms with E-state index >= 15 is 0 Å². The van der Waals surface area contributed by atoms with Gasteiger partial charge in [-0.05, 0) is 44.7 Å². The quantitative estimate of drug-likeness (QED) is 0.731. The van der Waals surface area contributed by atoms with Gasteiger partial charge in [-0.1, -0.05) is 18.5 Å². The third-order valence-corrected chi connectivity index (χ3v) is 3.76. The van der Waals surface area contributed by atoms with Crippen LogP contribution in [-0.4, -0.2) is 28.4 Å². The fourth-order valence-electron chi connectivity index (χ4n) is 2.63. The molecule has 2 unspecified atom stereocenters. The average molecular weight is 267 g/mol. The van der Waals surface area contributed by atoms with E-state index in [2.05, 4.69) is 18.8 Å². The minimum atomic E-state index is 0.0711. The molecule has 0 aromatic carbocycles.